The van der Waals surface area contributed by atoms with Crippen LogP contribution in [0.25, 0.3) is 0 Å². The summed E-state index contributed by atoms with van der Waals surface area (Å²) in [4.78, 5) is 2.19. The fourth-order valence-electron chi connectivity index (χ4n) is 3.76. The highest BCUT2D eigenvalue weighted by molar-refractivity contribution is 5.47. The molecule has 1 aromatic carbocycles. The predicted octanol–water partition coefficient (Wildman–Crippen LogP) is 3.96. The molecule has 2 fully saturated rings. The molecule has 21 heavy (non-hydrogen) atoms. The Bertz CT molecular complexity index is 446. The molecule has 0 radical (unpaired) electrons. The highest BCUT2D eigenvalue weighted by Gasteiger charge is 2.25. The molecule has 3 rings (SSSR count). The molecule has 0 spiro atoms. The first-order valence-corrected chi connectivity index (χ1v) is 8.48. The molecule has 1 saturated heterocycles. The lowest BCUT2D eigenvalue weighted by Gasteiger charge is -2.37. The van der Waals surface area contributed by atoms with Gasteiger partial charge in [-0.1, -0.05) is 19.1 Å². The first-order chi connectivity index (χ1) is 10.2. The number of anilines is 1. The number of para-hydroxylation sites is 1. The summed E-state index contributed by atoms with van der Waals surface area (Å²) in [5.41, 5.74) is 0.766. The first kappa shape index (κ1) is 14.8. The van der Waals surface area contributed by atoms with Gasteiger partial charge in [-0.2, -0.15) is 0 Å². The van der Waals surface area contributed by atoms with Gasteiger partial charge in [0.15, 0.2) is 0 Å². The number of nitrogens with one attached hydrogen (secondary N) is 1. The first-order valence-electron chi connectivity index (χ1n) is 8.48. The van der Waals surface area contributed by atoms with Gasteiger partial charge < -0.3 is 10.2 Å². The van der Waals surface area contributed by atoms with Crippen LogP contribution in [0.2, 0.25) is 0 Å². The van der Waals surface area contributed by atoms with E-state index in [2.05, 4.69) is 17.1 Å². The zero-order valence-corrected chi connectivity index (χ0v) is 13.0. The Hall–Kier alpha value is -1.09. The van der Waals surface area contributed by atoms with Gasteiger partial charge in [-0.3, -0.25) is 0 Å². The zero-order valence-electron chi connectivity index (χ0n) is 13.0. The van der Waals surface area contributed by atoms with Crippen molar-refractivity contribution in [3.8, 4) is 0 Å². The Morgan fingerprint density at radius 1 is 0.952 bits per heavy atom. The molecule has 1 heterocycles. The van der Waals surface area contributed by atoms with Crippen molar-refractivity contribution in [2.24, 2.45) is 5.92 Å². The van der Waals surface area contributed by atoms with Crippen LogP contribution in [-0.2, 0) is 0 Å². The second-order valence-electron chi connectivity index (χ2n) is 6.84. The summed E-state index contributed by atoms with van der Waals surface area (Å²) in [6.07, 6.45) is 7.64. The van der Waals surface area contributed by atoms with Gasteiger partial charge >= 0.3 is 0 Å². The van der Waals surface area contributed by atoms with E-state index in [0.717, 1.165) is 37.5 Å². The Morgan fingerprint density at radius 2 is 1.57 bits per heavy atom. The number of halogens is 1. The number of nitrogens with zero attached hydrogens (tertiary/aromatic N) is 1. The average molecular weight is 290 g/mol. The molecule has 2 aliphatic rings. The largest absolute Gasteiger partial charge is 0.369 e. The van der Waals surface area contributed by atoms with Gasteiger partial charge in [0.05, 0.1) is 5.69 Å². The molecule has 0 amide bonds. The van der Waals surface area contributed by atoms with Crippen LogP contribution in [0, 0.1) is 11.7 Å². The summed E-state index contributed by atoms with van der Waals surface area (Å²) in [7, 11) is 0. The number of piperidine rings is 1. The fraction of sp³-hybridized carbons (Fsp3) is 0.667. The second-order valence-corrected chi connectivity index (χ2v) is 6.84. The van der Waals surface area contributed by atoms with Crippen LogP contribution >= 0.6 is 0 Å². The molecule has 0 atom stereocenters. The van der Waals surface area contributed by atoms with Gasteiger partial charge in [-0.25, -0.2) is 4.39 Å². The monoisotopic (exact) mass is 290 g/mol. The second kappa shape index (κ2) is 6.78. The van der Waals surface area contributed by atoms with Gasteiger partial charge in [-0.05, 0) is 56.6 Å². The van der Waals surface area contributed by atoms with Gasteiger partial charge in [0.1, 0.15) is 5.82 Å². The SMILES string of the molecule is C[C@H]1CC[C@H](NC2CCN(c3ccccc3F)CC2)CC1. The Kier molecular flexibility index (Phi) is 4.79. The van der Waals surface area contributed by atoms with Crippen molar-refractivity contribution in [3.05, 3.63) is 30.1 Å². The van der Waals surface area contributed by atoms with Gasteiger partial charge in [-0.15, -0.1) is 0 Å². The predicted molar refractivity (Wildman–Crippen MR) is 86.2 cm³/mol. The van der Waals surface area contributed by atoms with E-state index in [4.69, 9.17) is 0 Å². The van der Waals surface area contributed by atoms with E-state index in [1.165, 1.54) is 25.7 Å². The molecular weight excluding hydrogens is 263 g/mol. The van der Waals surface area contributed by atoms with Crippen LogP contribution in [0.1, 0.15) is 45.4 Å². The molecule has 3 heteroatoms. The van der Waals surface area contributed by atoms with E-state index in [9.17, 15) is 4.39 Å². The lowest BCUT2D eigenvalue weighted by Crippen LogP contribution is -2.47. The molecule has 0 aromatic heterocycles. The summed E-state index contributed by atoms with van der Waals surface area (Å²) >= 11 is 0. The number of rotatable bonds is 3. The van der Waals surface area contributed by atoms with Crippen molar-refractivity contribution in [2.75, 3.05) is 18.0 Å². The zero-order chi connectivity index (χ0) is 14.7. The summed E-state index contributed by atoms with van der Waals surface area (Å²) in [6.45, 7) is 4.28. The molecule has 116 valence electrons. The van der Waals surface area contributed by atoms with Crippen LogP contribution < -0.4 is 10.2 Å². The minimum absolute atomic E-state index is 0.0924. The maximum Gasteiger partial charge on any atom is 0.146 e. The summed E-state index contributed by atoms with van der Waals surface area (Å²) in [5.74, 6) is 0.816. The van der Waals surface area contributed by atoms with Crippen LogP contribution in [0.4, 0.5) is 10.1 Å². The van der Waals surface area contributed by atoms with Crippen molar-refractivity contribution in [2.45, 2.75) is 57.5 Å². The van der Waals surface area contributed by atoms with Crippen LogP contribution in [0.5, 0.6) is 0 Å². The van der Waals surface area contributed by atoms with Crippen molar-refractivity contribution in [1.29, 1.82) is 0 Å². The lowest BCUT2D eigenvalue weighted by molar-refractivity contribution is 0.270. The fourth-order valence-corrected chi connectivity index (χ4v) is 3.76. The molecule has 1 aliphatic heterocycles. The normalized spacial score (nSPS) is 27.8. The van der Waals surface area contributed by atoms with E-state index < -0.39 is 0 Å². The van der Waals surface area contributed by atoms with Crippen molar-refractivity contribution >= 4 is 5.69 Å². The number of benzene rings is 1. The average Bonchev–Trinajstić information content (AvgIpc) is 2.51. The minimum Gasteiger partial charge on any atom is -0.369 e. The van der Waals surface area contributed by atoms with E-state index >= 15 is 0 Å². The molecule has 0 bridgehead atoms. The quantitative estimate of drug-likeness (QED) is 0.906. The highest BCUT2D eigenvalue weighted by Crippen LogP contribution is 2.26. The standard InChI is InChI=1S/C18H27FN2/c1-14-6-8-15(9-7-14)20-16-10-12-21(13-11-16)18-5-3-2-4-17(18)19/h2-5,14-16,20H,6-13H2,1H3/t14-,15-. The molecule has 0 unspecified atom stereocenters. The minimum atomic E-state index is -0.0924. The third kappa shape index (κ3) is 3.76. The molecule has 1 aliphatic carbocycles. The smallest absolute Gasteiger partial charge is 0.146 e. The van der Waals surface area contributed by atoms with Crippen molar-refractivity contribution < 1.29 is 4.39 Å². The third-order valence-electron chi connectivity index (χ3n) is 5.18. The van der Waals surface area contributed by atoms with Crippen LogP contribution in [-0.4, -0.2) is 25.2 Å². The molecule has 1 saturated carbocycles. The summed E-state index contributed by atoms with van der Waals surface area (Å²) < 4.78 is 13.8. The number of hydrogen-bond acceptors (Lipinski definition) is 2. The van der Waals surface area contributed by atoms with Gasteiger partial charge in [0.2, 0.25) is 0 Å². The van der Waals surface area contributed by atoms with E-state index in [1.807, 2.05) is 12.1 Å². The van der Waals surface area contributed by atoms with Gasteiger partial charge in [0, 0.05) is 25.2 Å². The molecule has 1 N–H and O–H groups in total. The Morgan fingerprint density at radius 3 is 2.24 bits per heavy atom. The van der Waals surface area contributed by atoms with E-state index in [1.54, 1.807) is 12.1 Å². The maximum atomic E-state index is 13.8. The lowest BCUT2D eigenvalue weighted by atomic mass is 9.86. The van der Waals surface area contributed by atoms with E-state index in [0.29, 0.717) is 12.1 Å². The Balaban J connectivity index is 1.48. The summed E-state index contributed by atoms with van der Waals surface area (Å²) in [5, 5.41) is 3.84. The number of hydrogen-bond donors (Lipinski definition) is 1. The topological polar surface area (TPSA) is 15.3 Å². The van der Waals surface area contributed by atoms with Gasteiger partial charge in [0.25, 0.3) is 0 Å². The van der Waals surface area contributed by atoms with Crippen LogP contribution in [0.3, 0.4) is 0 Å². The third-order valence-corrected chi connectivity index (χ3v) is 5.18. The highest BCUT2D eigenvalue weighted by atomic mass is 19.1. The molecule has 1 aromatic rings. The van der Waals surface area contributed by atoms with Crippen molar-refractivity contribution in [1.82, 2.24) is 5.32 Å². The van der Waals surface area contributed by atoms with Crippen molar-refractivity contribution in [3.63, 3.8) is 0 Å². The maximum absolute atomic E-state index is 13.8. The molecule has 2 nitrogen and oxygen atoms in total. The van der Waals surface area contributed by atoms with Crippen LogP contribution in [0.15, 0.2) is 24.3 Å². The molecular formula is C18H27FN2. The Labute approximate surface area is 127 Å². The van der Waals surface area contributed by atoms with E-state index in [-0.39, 0.29) is 5.82 Å². The summed E-state index contributed by atoms with van der Waals surface area (Å²) in [6, 6.07) is 8.47.